The van der Waals surface area contributed by atoms with Gasteiger partial charge in [-0.2, -0.15) is 0 Å². The van der Waals surface area contributed by atoms with E-state index in [1.807, 2.05) is 6.07 Å². The molecule has 2 rings (SSSR count). The number of nitrogens with one attached hydrogen (secondary N) is 1. The summed E-state index contributed by atoms with van der Waals surface area (Å²) in [6.07, 6.45) is 0. The molecule has 1 aromatic carbocycles. The Morgan fingerprint density at radius 2 is 1.90 bits per heavy atom. The zero-order valence-electron chi connectivity index (χ0n) is 12.8. The predicted molar refractivity (Wildman–Crippen MR) is 87.7 cm³/mol. The molecule has 112 valence electrons. The summed E-state index contributed by atoms with van der Waals surface area (Å²) in [6.45, 7) is 10.7. The second-order valence-electron chi connectivity index (χ2n) is 6.05. The molecule has 0 radical (unpaired) electrons. The SMILES string of the molecule is CC(C)CNCc1c(Cl)cccc1N1CCN(C)CC1. The van der Waals surface area contributed by atoms with Crippen molar-refractivity contribution < 1.29 is 0 Å². The molecule has 0 amide bonds. The van der Waals surface area contributed by atoms with Crippen LogP contribution in [0.3, 0.4) is 0 Å². The van der Waals surface area contributed by atoms with E-state index in [0.29, 0.717) is 5.92 Å². The zero-order valence-corrected chi connectivity index (χ0v) is 13.6. The fourth-order valence-corrected chi connectivity index (χ4v) is 2.79. The largest absolute Gasteiger partial charge is 0.369 e. The number of anilines is 1. The number of hydrogen-bond donors (Lipinski definition) is 1. The minimum absolute atomic E-state index is 0.657. The predicted octanol–water partition coefficient (Wildman–Crippen LogP) is 2.84. The highest BCUT2D eigenvalue weighted by atomic mass is 35.5. The molecular formula is C16H26ClN3. The van der Waals surface area contributed by atoms with Gasteiger partial charge < -0.3 is 15.1 Å². The molecule has 1 fully saturated rings. The van der Waals surface area contributed by atoms with Gasteiger partial charge in [0.1, 0.15) is 0 Å². The van der Waals surface area contributed by atoms with E-state index in [1.165, 1.54) is 11.3 Å². The summed E-state index contributed by atoms with van der Waals surface area (Å²) in [5, 5.41) is 4.38. The van der Waals surface area contributed by atoms with Crippen molar-refractivity contribution in [3.8, 4) is 0 Å². The summed E-state index contributed by atoms with van der Waals surface area (Å²) in [5.41, 5.74) is 2.53. The number of benzene rings is 1. The average molecular weight is 296 g/mol. The van der Waals surface area contributed by atoms with Crippen LogP contribution in [0.2, 0.25) is 5.02 Å². The summed E-state index contributed by atoms with van der Waals surface area (Å²) >= 11 is 6.42. The number of nitrogens with zero attached hydrogens (tertiary/aromatic N) is 2. The van der Waals surface area contributed by atoms with E-state index in [2.05, 4.69) is 48.1 Å². The van der Waals surface area contributed by atoms with E-state index < -0.39 is 0 Å². The Morgan fingerprint density at radius 1 is 1.20 bits per heavy atom. The lowest BCUT2D eigenvalue weighted by Gasteiger charge is -2.35. The molecule has 1 aliphatic rings. The van der Waals surface area contributed by atoms with Crippen molar-refractivity contribution in [3.63, 3.8) is 0 Å². The van der Waals surface area contributed by atoms with Crippen molar-refractivity contribution in [2.75, 3.05) is 44.7 Å². The zero-order chi connectivity index (χ0) is 14.5. The number of rotatable bonds is 5. The van der Waals surface area contributed by atoms with Crippen molar-refractivity contribution in [2.45, 2.75) is 20.4 Å². The summed E-state index contributed by atoms with van der Waals surface area (Å²) in [7, 11) is 2.18. The molecule has 1 saturated heterocycles. The maximum absolute atomic E-state index is 6.42. The highest BCUT2D eigenvalue weighted by molar-refractivity contribution is 6.31. The van der Waals surface area contributed by atoms with Gasteiger partial charge in [0.2, 0.25) is 0 Å². The molecule has 4 heteroatoms. The molecule has 0 saturated carbocycles. The van der Waals surface area contributed by atoms with Crippen molar-refractivity contribution in [1.82, 2.24) is 10.2 Å². The molecule has 0 unspecified atom stereocenters. The van der Waals surface area contributed by atoms with Gasteiger partial charge >= 0.3 is 0 Å². The first-order valence-electron chi connectivity index (χ1n) is 7.49. The van der Waals surface area contributed by atoms with Gasteiger partial charge in [0.15, 0.2) is 0 Å². The van der Waals surface area contributed by atoms with Crippen LogP contribution in [0.25, 0.3) is 0 Å². The van der Waals surface area contributed by atoms with Crippen LogP contribution in [0.4, 0.5) is 5.69 Å². The van der Waals surface area contributed by atoms with Crippen LogP contribution < -0.4 is 10.2 Å². The summed E-state index contributed by atoms with van der Waals surface area (Å²) in [6, 6.07) is 6.25. The number of likely N-dealkylation sites (N-methyl/N-ethyl adjacent to an activating group) is 1. The lowest BCUT2D eigenvalue weighted by atomic mass is 10.1. The Kier molecular flexibility index (Phi) is 5.70. The van der Waals surface area contributed by atoms with Gasteiger partial charge in [-0.05, 0) is 31.6 Å². The Hall–Kier alpha value is -0.770. The van der Waals surface area contributed by atoms with Crippen molar-refractivity contribution in [3.05, 3.63) is 28.8 Å². The summed E-state index contributed by atoms with van der Waals surface area (Å²) < 4.78 is 0. The van der Waals surface area contributed by atoms with Crippen molar-refractivity contribution >= 4 is 17.3 Å². The molecule has 1 aliphatic heterocycles. The van der Waals surface area contributed by atoms with Crippen LogP contribution in [0.5, 0.6) is 0 Å². The second kappa shape index (κ2) is 7.30. The molecule has 1 aromatic rings. The maximum atomic E-state index is 6.42. The van der Waals surface area contributed by atoms with E-state index in [1.54, 1.807) is 0 Å². The Balaban J connectivity index is 2.09. The molecule has 0 atom stereocenters. The van der Waals surface area contributed by atoms with Gasteiger partial charge in [0, 0.05) is 49.0 Å². The van der Waals surface area contributed by atoms with Gasteiger partial charge in [-0.15, -0.1) is 0 Å². The fourth-order valence-electron chi connectivity index (χ4n) is 2.55. The minimum atomic E-state index is 0.657. The van der Waals surface area contributed by atoms with E-state index in [9.17, 15) is 0 Å². The standard InChI is InChI=1S/C16H26ClN3/c1-13(2)11-18-12-14-15(17)5-4-6-16(14)20-9-7-19(3)8-10-20/h4-6,13,18H,7-12H2,1-3H3. The molecule has 1 N–H and O–H groups in total. The third kappa shape index (κ3) is 4.11. The average Bonchev–Trinajstić information content (AvgIpc) is 2.41. The van der Waals surface area contributed by atoms with Crippen LogP contribution >= 0.6 is 11.6 Å². The first-order chi connectivity index (χ1) is 9.58. The Morgan fingerprint density at radius 3 is 2.55 bits per heavy atom. The fraction of sp³-hybridized carbons (Fsp3) is 0.625. The lowest BCUT2D eigenvalue weighted by Crippen LogP contribution is -2.45. The summed E-state index contributed by atoms with van der Waals surface area (Å²) in [4.78, 5) is 4.83. The normalized spacial score (nSPS) is 16.9. The smallest absolute Gasteiger partial charge is 0.0471 e. The van der Waals surface area contributed by atoms with Gasteiger partial charge in [0.25, 0.3) is 0 Å². The van der Waals surface area contributed by atoms with Gasteiger partial charge in [-0.1, -0.05) is 31.5 Å². The van der Waals surface area contributed by atoms with Crippen LogP contribution in [0, 0.1) is 5.92 Å². The minimum Gasteiger partial charge on any atom is -0.369 e. The second-order valence-corrected chi connectivity index (χ2v) is 6.46. The Labute approximate surface area is 127 Å². The van der Waals surface area contributed by atoms with Crippen LogP contribution in [-0.4, -0.2) is 44.7 Å². The third-order valence-electron chi connectivity index (χ3n) is 3.79. The molecule has 3 nitrogen and oxygen atoms in total. The van der Waals surface area contributed by atoms with E-state index in [0.717, 1.165) is 44.3 Å². The molecule has 0 aromatic heterocycles. The van der Waals surface area contributed by atoms with Crippen LogP contribution in [-0.2, 0) is 6.54 Å². The van der Waals surface area contributed by atoms with Crippen molar-refractivity contribution in [1.29, 1.82) is 0 Å². The van der Waals surface area contributed by atoms with E-state index in [-0.39, 0.29) is 0 Å². The van der Waals surface area contributed by atoms with E-state index >= 15 is 0 Å². The number of piperazine rings is 1. The quantitative estimate of drug-likeness (QED) is 0.901. The number of hydrogen-bond acceptors (Lipinski definition) is 3. The van der Waals surface area contributed by atoms with Crippen molar-refractivity contribution in [2.24, 2.45) is 5.92 Å². The van der Waals surface area contributed by atoms with Gasteiger partial charge in [-0.25, -0.2) is 0 Å². The first kappa shape index (κ1) is 15.6. The lowest BCUT2D eigenvalue weighted by molar-refractivity contribution is 0.312. The van der Waals surface area contributed by atoms with Gasteiger partial charge in [0.05, 0.1) is 0 Å². The van der Waals surface area contributed by atoms with E-state index in [4.69, 9.17) is 11.6 Å². The molecule has 1 heterocycles. The molecule has 0 spiro atoms. The van der Waals surface area contributed by atoms with Crippen LogP contribution in [0.15, 0.2) is 18.2 Å². The van der Waals surface area contributed by atoms with Gasteiger partial charge in [-0.3, -0.25) is 0 Å². The highest BCUT2D eigenvalue weighted by Crippen LogP contribution is 2.28. The highest BCUT2D eigenvalue weighted by Gasteiger charge is 2.18. The third-order valence-corrected chi connectivity index (χ3v) is 4.15. The number of halogens is 1. The Bertz CT molecular complexity index is 426. The summed E-state index contributed by atoms with van der Waals surface area (Å²) in [5.74, 6) is 0.657. The topological polar surface area (TPSA) is 18.5 Å². The maximum Gasteiger partial charge on any atom is 0.0471 e. The molecule has 0 bridgehead atoms. The molecule has 0 aliphatic carbocycles. The molecule has 20 heavy (non-hydrogen) atoms. The first-order valence-corrected chi connectivity index (χ1v) is 7.87. The monoisotopic (exact) mass is 295 g/mol. The molecular weight excluding hydrogens is 270 g/mol. The van der Waals surface area contributed by atoms with Crippen LogP contribution in [0.1, 0.15) is 19.4 Å².